The number of amides is 2. The Balaban J connectivity index is 1.73. The van der Waals surface area contributed by atoms with Crippen LogP contribution in [0.5, 0.6) is 0 Å². The maximum absolute atomic E-state index is 13.5. The number of halogens is 1. The molecule has 5 nitrogen and oxygen atoms in total. The molecule has 0 saturated carbocycles. The van der Waals surface area contributed by atoms with Crippen LogP contribution in [0.3, 0.4) is 0 Å². The Hall–Kier alpha value is -1.60. The third-order valence-corrected chi connectivity index (χ3v) is 4.14. The summed E-state index contributed by atoms with van der Waals surface area (Å²) in [5.74, 6) is -0.423. The fourth-order valence-corrected chi connectivity index (χ4v) is 2.77. The summed E-state index contributed by atoms with van der Waals surface area (Å²) in [7, 11) is 0. The zero-order valence-electron chi connectivity index (χ0n) is 12.4. The number of carbonyl (C=O) groups excluding carboxylic acids is 2. The molecule has 0 spiro atoms. The lowest BCUT2D eigenvalue weighted by molar-refractivity contribution is -0.132. The van der Waals surface area contributed by atoms with Crippen molar-refractivity contribution >= 4 is 29.3 Å². The molecule has 22 heavy (non-hydrogen) atoms. The van der Waals surface area contributed by atoms with E-state index in [1.54, 1.807) is 17.0 Å². The summed E-state index contributed by atoms with van der Waals surface area (Å²) in [4.78, 5) is 25.4. The molecule has 0 atom stereocenters. The van der Waals surface area contributed by atoms with E-state index in [1.807, 2.05) is 6.92 Å². The number of nitrogens with zero attached hydrogens (tertiary/aromatic N) is 1. The monoisotopic (exact) mass is 326 g/mol. The molecule has 1 saturated heterocycles. The number of thioether (sulfide) groups is 1. The minimum atomic E-state index is -0.464. The Morgan fingerprint density at radius 1 is 1.32 bits per heavy atom. The van der Waals surface area contributed by atoms with Gasteiger partial charge in [0.2, 0.25) is 11.8 Å². The summed E-state index contributed by atoms with van der Waals surface area (Å²) >= 11 is 1.23. The molecule has 1 aromatic carbocycles. The summed E-state index contributed by atoms with van der Waals surface area (Å²) in [6.07, 6.45) is 0. The van der Waals surface area contributed by atoms with E-state index in [-0.39, 0.29) is 29.0 Å². The van der Waals surface area contributed by atoms with Gasteiger partial charge in [0.15, 0.2) is 0 Å². The van der Waals surface area contributed by atoms with Gasteiger partial charge in [-0.15, -0.1) is 11.8 Å². The molecule has 1 aliphatic heterocycles. The predicted molar refractivity (Wildman–Crippen MR) is 84.5 cm³/mol. The van der Waals surface area contributed by atoms with E-state index in [0.29, 0.717) is 26.3 Å². The Labute approximate surface area is 133 Å². The second-order valence-corrected chi connectivity index (χ2v) is 6.00. The van der Waals surface area contributed by atoms with Gasteiger partial charge in [-0.2, -0.15) is 0 Å². The normalized spacial score (nSPS) is 14.7. The second-order valence-electron chi connectivity index (χ2n) is 5.02. The highest BCUT2D eigenvalue weighted by molar-refractivity contribution is 8.00. The van der Waals surface area contributed by atoms with Gasteiger partial charge >= 0.3 is 0 Å². The van der Waals surface area contributed by atoms with Crippen LogP contribution >= 0.6 is 11.8 Å². The first-order valence-electron chi connectivity index (χ1n) is 7.05. The summed E-state index contributed by atoms with van der Waals surface area (Å²) in [6, 6.07) is 4.54. The van der Waals surface area contributed by atoms with Gasteiger partial charge in [-0.25, -0.2) is 4.39 Å². The maximum atomic E-state index is 13.5. The van der Waals surface area contributed by atoms with Gasteiger partial charge in [0.05, 0.1) is 30.4 Å². The van der Waals surface area contributed by atoms with Gasteiger partial charge in [-0.1, -0.05) is 6.07 Å². The molecule has 120 valence electrons. The average Bonchev–Trinajstić information content (AvgIpc) is 2.51. The highest BCUT2D eigenvalue weighted by Crippen LogP contribution is 2.16. The van der Waals surface area contributed by atoms with Gasteiger partial charge in [0.1, 0.15) is 5.82 Å². The van der Waals surface area contributed by atoms with Gasteiger partial charge in [-0.05, 0) is 24.6 Å². The number of hydrogen-bond acceptors (Lipinski definition) is 4. The number of rotatable bonds is 5. The van der Waals surface area contributed by atoms with Crippen LogP contribution in [-0.4, -0.2) is 54.5 Å². The van der Waals surface area contributed by atoms with E-state index in [4.69, 9.17) is 4.74 Å². The second kappa shape index (κ2) is 8.14. The van der Waals surface area contributed by atoms with Crippen LogP contribution in [-0.2, 0) is 14.3 Å². The van der Waals surface area contributed by atoms with Crippen molar-refractivity contribution in [3.8, 4) is 0 Å². The zero-order chi connectivity index (χ0) is 15.9. The van der Waals surface area contributed by atoms with Crippen molar-refractivity contribution in [1.29, 1.82) is 0 Å². The SMILES string of the molecule is Cc1ccc(F)c(NC(=O)CSCC(=O)N2CCOCC2)c1. The molecule has 1 N–H and O–H groups in total. The van der Waals surface area contributed by atoms with Crippen LogP contribution in [0.15, 0.2) is 18.2 Å². The molecule has 1 heterocycles. The number of nitrogens with one attached hydrogen (secondary N) is 1. The average molecular weight is 326 g/mol. The molecule has 2 amide bonds. The first-order valence-corrected chi connectivity index (χ1v) is 8.21. The number of hydrogen-bond donors (Lipinski definition) is 1. The Morgan fingerprint density at radius 3 is 2.77 bits per heavy atom. The van der Waals surface area contributed by atoms with Crippen LogP contribution in [0, 0.1) is 12.7 Å². The lowest BCUT2D eigenvalue weighted by atomic mass is 10.2. The minimum absolute atomic E-state index is 0.00263. The summed E-state index contributed by atoms with van der Waals surface area (Å²) < 4.78 is 18.7. The van der Waals surface area contributed by atoms with Crippen molar-refractivity contribution in [2.75, 3.05) is 43.1 Å². The molecule has 1 aliphatic rings. The van der Waals surface area contributed by atoms with Gasteiger partial charge in [-0.3, -0.25) is 9.59 Å². The molecule has 1 fully saturated rings. The summed E-state index contributed by atoms with van der Waals surface area (Å²) in [5.41, 5.74) is 1.04. The lowest BCUT2D eigenvalue weighted by Gasteiger charge is -2.26. The van der Waals surface area contributed by atoms with Gasteiger partial charge in [0.25, 0.3) is 0 Å². The van der Waals surface area contributed by atoms with Crippen molar-refractivity contribution in [2.45, 2.75) is 6.92 Å². The molecule has 0 radical (unpaired) electrons. The maximum Gasteiger partial charge on any atom is 0.234 e. The Morgan fingerprint density at radius 2 is 2.05 bits per heavy atom. The predicted octanol–water partition coefficient (Wildman–Crippen LogP) is 1.66. The summed E-state index contributed by atoms with van der Waals surface area (Å²) in [6.45, 7) is 4.14. The number of morpholine rings is 1. The molecule has 0 unspecified atom stereocenters. The lowest BCUT2D eigenvalue weighted by Crippen LogP contribution is -2.41. The summed E-state index contributed by atoms with van der Waals surface area (Å²) in [5, 5.41) is 2.52. The van der Waals surface area contributed by atoms with E-state index < -0.39 is 5.82 Å². The fourth-order valence-electron chi connectivity index (χ4n) is 2.06. The quantitative estimate of drug-likeness (QED) is 0.894. The number of anilines is 1. The topological polar surface area (TPSA) is 58.6 Å². The number of carbonyl (C=O) groups is 2. The minimum Gasteiger partial charge on any atom is -0.378 e. The van der Waals surface area contributed by atoms with Crippen molar-refractivity contribution in [3.05, 3.63) is 29.6 Å². The van der Waals surface area contributed by atoms with Crippen molar-refractivity contribution < 1.29 is 18.7 Å². The molecule has 0 aliphatic carbocycles. The standard InChI is InChI=1S/C15H19FN2O3S/c1-11-2-3-12(16)13(8-11)17-14(19)9-22-10-15(20)18-4-6-21-7-5-18/h2-3,8H,4-7,9-10H2,1H3,(H,17,19). The molecule has 0 bridgehead atoms. The van der Waals surface area contributed by atoms with E-state index in [2.05, 4.69) is 5.32 Å². The Kier molecular flexibility index (Phi) is 6.21. The van der Waals surface area contributed by atoms with Gasteiger partial charge in [0, 0.05) is 13.1 Å². The largest absolute Gasteiger partial charge is 0.378 e. The number of benzene rings is 1. The number of aryl methyl sites for hydroxylation is 1. The van der Waals surface area contributed by atoms with Crippen LogP contribution in [0.2, 0.25) is 0 Å². The van der Waals surface area contributed by atoms with E-state index >= 15 is 0 Å². The van der Waals surface area contributed by atoms with Gasteiger partial charge < -0.3 is 15.0 Å². The highest BCUT2D eigenvalue weighted by atomic mass is 32.2. The third-order valence-electron chi connectivity index (χ3n) is 3.22. The van der Waals surface area contributed by atoms with E-state index in [0.717, 1.165) is 5.56 Å². The van der Waals surface area contributed by atoms with Crippen molar-refractivity contribution in [3.63, 3.8) is 0 Å². The van der Waals surface area contributed by atoms with Crippen LogP contribution in [0.25, 0.3) is 0 Å². The molecule has 2 rings (SSSR count). The smallest absolute Gasteiger partial charge is 0.234 e. The van der Waals surface area contributed by atoms with Crippen LogP contribution in [0.1, 0.15) is 5.56 Å². The highest BCUT2D eigenvalue weighted by Gasteiger charge is 2.17. The first kappa shape index (κ1) is 16.8. The third kappa shape index (κ3) is 4.99. The zero-order valence-corrected chi connectivity index (χ0v) is 13.2. The van der Waals surface area contributed by atoms with Crippen molar-refractivity contribution in [1.82, 2.24) is 4.90 Å². The van der Waals surface area contributed by atoms with Crippen LogP contribution < -0.4 is 5.32 Å². The number of ether oxygens (including phenoxy) is 1. The molecular formula is C15H19FN2O3S. The van der Waals surface area contributed by atoms with E-state index in [1.165, 1.54) is 17.8 Å². The van der Waals surface area contributed by atoms with Crippen LogP contribution in [0.4, 0.5) is 10.1 Å². The fraction of sp³-hybridized carbons (Fsp3) is 0.467. The first-order chi connectivity index (χ1) is 10.6. The molecule has 0 aromatic heterocycles. The molecule has 1 aromatic rings. The molecule has 7 heteroatoms. The van der Waals surface area contributed by atoms with E-state index in [9.17, 15) is 14.0 Å². The molecular weight excluding hydrogens is 307 g/mol. The Bertz CT molecular complexity index is 548. The van der Waals surface area contributed by atoms with Crippen molar-refractivity contribution in [2.24, 2.45) is 0 Å².